The Balaban J connectivity index is 2.19. The van der Waals surface area contributed by atoms with Gasteiger partial charge < -0.3 is 9.47 Å². The molecular weight excluding hydrogens is 284 g/mol. The quantitative estimate of drug-likeness (QED) is 0.597. The van der Waals surface area contributed by atoms with E-state index in [0.29, 0.717) is 22.8 Å². The van der Waals surface area contributed by atoms with Crippen LogP contribution in [-0.4, -0.2) is 25.8 Å². The Morgan fingerprint density at radius 3 is 2.19 bits per heavy atom. The highest BCUT2D eigenvalue weighted by Gasteiger charge is 2.18. The van der Waals surface area contributed by atoms with E-state index in [-0.39, 0.29) is 5.78 Å². The van der Waals surface area contributed by atoms with Crippen molar-refractivity contribution in [2.24, 2.45) is 0 Å². The third kappa shape index (κ3) is 3.58. The van der Waals surface area contributed by atoms with E-state index in [1.165, 1.54) is 17.3 Å². The summed E-state index contributed by atoms with van der Waals surface area (Å²) in [5, 5.41) is 0. The molecule has 21 heavy (non-hydrogen) atoms. The largest absolute Gasteiger partial charge is 0.496 e. The molecule has 4 heteroatoms. The van der Waals surface area contributed by atoms with Crippen LogP contribution in [0.4, 0.5) is 0 Å². The van der Waals surface area contributed by atoms with Gasteiger partial charge in [-0.25, -0.2) is 0 Å². The van der Waals surface area contributed by atoms with Crippen LogP contribution in [0.5, 0.6) is 11.5 Å². The topological polar surface area (TPSA) is 35.5 Å². The highest BCUT2D eigenvalue weighted by atomic mass is 32.2. The fraction of sp³-hybridized carbons (Fsp3) is 0.235. The van der Waals surface area contributed by atoms with Gasteiger partial charge in [0.1, 0.15) is 17.1 Å². The predicted octanol–water partition coefficient (Wildman–Crippen LogP) is 3.99. The van der Waals surface area contributed by atoms with Gasteiger partial charge >= 0.3 is 0 Å². The molecule has 2 aromatic rings. The maximum absolute atomic E-state index is 12.5. The van der Waals surface area contributed by atoms with Crippen LogP contribution in [0, 0.1) is 6.92 Å². The molecule has 0 radical (unpaired) electrons. The second-order valence-corrected chi connectivity index (χ2v) is 5.53. The number of thioether (sulfide) groups is 1. The number of carbonyl (C=O) groups is 1. The minimum absolute atomic E-state index is 0.00227. The molecule has 0 spiro atoms. The molecule has 110 valence electrons. The van der Waals surface area contributed by atoms with Crippen LogP contribution in [0.25, 0.3) is 0 Å². The molecule has 0 amide bonds. The van der Waals surface area contributed by atoms with Gasteiger partial charge in [-0.1, -0.05) is 24.3 Å². The Morgan fingerprint density at radius 1 is 1.00 bits per heavy atom. The van der Waals surface area contributed by atoms with Crippen LogP contribution in [-0.2, 0) is 0 Å². The number of aryl methyl sites for hydroxylation is 1. The van der Waals surface area contributed by atoms with Gasteiger partial charge in [0.2, 0.25) is 0 Å². The van der Waals surface area contributed by atoms with Crippen LogP contribution < -0.4 is 9.47 Å². The van der Waals surface area contributed by atoms with Gasteiger partial charge in [-0.3, -0.25) is 4.79 Å². The highest BCUT2D eigenvalue weighted by Crippen LogP contribution is 2.31. The van der Waals surface area contributed by atoms with E-state index in [2.05, 4.69) is 0 Å². The lowest BCUT2D eigenvalue weighted by atomic mass is 10.1. The average Bonchev–Trinajstić information content (AvgIpc) is 2.52. The van der Waals surface area contributed by atoms with Crippen molar-refractivity contribution in [2.75, 3.05) is 20.0 Å². The minimum Gasteiger partial charge on any atom is -0.496 e. The number of Topliss-reactive ketones (excluding diaryl/α,β-unsaturated/α-hetero) is 1. The van der Waals surface area contributed by atoms with Crippen LogP contribution in [0.3, 0.4) is 0 Å². The molecule has 3 nitrogen and oxygen atoms in total. The molecule has 0 bridgehead atoms. The van der Waals surface area contributed by atoms with E-state index < -0.39 is 0 Å². The van der Waals surface area contributed by atoms with Crippen LogP contribution in [0.15, 0.2) is 47.4 Å². The molecule has 0 heterocycles. The number of rotatable bonds is 6. The number of benzene rings is 2. The zero-order valence-corrected chi connectivity index (χ0v) is 13.2. The number of ether oxygens (including phenoxy) is 2. The first-order valence-corrected chi connectivity index (χ1v) is 7.58. The SMILES string of the molecule is COc1cccc(OC)c1C(=O)CSc1ccccc1C. The molecule has 0 aliphatic heterocycles. The van der Waals surface area contributed by atoms with E-state index in [0.717, 1.165) is 4.90 Å². The normalized spacial score (nSPS) is 10.2. The van der Waals surface area contributed by atoms with E-state index in [1.807, 2.05) is 37.3 Å². The molecule has 0 fully saturated rings. The Morgan fingerprint density at radius 2 is 1.62 bits per heavy atom. The Hall–Kier alpha value is -1.94. The summed E-state index contributed by atoms with van der Waals surface area (Å²) in [6.07, 6.45) is 0. The average molecular weight is 302 g/mol. The molecule has 0 saturated carbocycles. The number of carbonyl (C=O) groups excluding carboxylic acids is 1. The monoisotopic (exact) mass is 302 g/mol. The maximum Gasteiger partial charge on any atom is 0.180 e. The molecule has 0 saturated heterocycles. The second-order valence-electron chi connectivity index (χ2n) is 4.51. The summed E-state index contributed by atoms with van der Waals surface area (Å²) in [5.41, 5.74) is 1.67. The molecular formula is C17H18O3S. The molecule has 0 aromatic heterocycles. The third-order valence-electron chi connectivity index (χ3n) is 3.16. The smallest absolute Gasteiger partial charge is 0.180 e. The van der Waals surface area contributed by atoms with Crippen molar-refractivity contribution in [1.82, 2.24) is 0 Å². The van der Waals surface area contributed by atoms with Gasteiger partial charge in [-0.2, -0.15) is 0 Å². The van der Waals surface area contributed by atoms with Crippen molar-refractivity contribution in [3.8, 4) is 11.5 Å². The van der Waals surface area contributed by atoms with Crippen molar-refractivity contribution in [2.45, 2.75) is 11.8 Å². The van der Waals surface area contributed by atoms with E-state index in [4.69, 9.17) is 9.47 Å². The molecule has 0 aliphatic carbocycles. The van der Waals surface area contributed by atoms with E-state index in [9.17, 15) is 4.79 Å². The number of methoxy groups -OCH3 is 2. The summed E-state index contributed by atoms with van der Waals surface area (Å²) in [4.78, 5) is 13.6. The van der Waals surface area contributed by atoms with E-state index >= 15 is 0 Å². The number of hydrogen-bond acceptors (Lipinski definition) is 4. The van der Waals surface area contributed by atoms with Crippen molar-refractivity contribution >= 4 is 17.5 Å². The van der Waals surface area contributed by atoms with Gasteiger partial charge in [0.25, 0.3) is 0 Å². The molecule has 2 rings (SSSR count). The summed E-state index contributed by atoms with van der Waals surface area (Å²) >= 11 is 1.53. The molecule has 0 aliphatic rings. The first-order valence-electron chi connectivity index (χ1n) is 6.60. The minimum atomic E-state index is -0.00227. The van der Waals surface area contributed by atoms with Gasteiger partial charge in [0, 0.05) is 4.90 Å². The highest BCUT2D eigenvalue weighted by molar-refractivity contribution is 8.00. The second kappa shape index (κ2) is 7.18. The Labute approximate surface area is 129 Å². The van der Waals surface area contributed by atoms with Crippen molar-refractivity contribution in [3.05, 3.63) is 53.6 Å². The van der Waals surface area contributed by atoms with Crippen LogP contribution in [0.1, 0.15) is 15.9 Å². The number of hydrogen-bond donors (Lipinski definition) is 0. The summed E-state index contributed by atoms with van der Waals surface area (Å²) in [7, 11) is 3.11. The summed E-state index contributed by atoms with van der Waals surface area (Å²) in [6.45, 7) is 2.04. The molecule has 2 aromatic carbocycles. The van der Waals surface area contributed by atoms with Crippen molar-refractivity contribution in [3.63, 3.8) is 0 Å². The van der Waals surface area contributed by atoms with E-state index in [1.54, 1.807) is 26.4 Å². The van der Waals surface area contributed by atoms with Crippen LogP contribution >= 0.6 is 11.8 Å². The molecule has 0 N–H and O–H groups in total. The fourth-order valence-corrected chi connectivity index (χ4v) is 2.96. The summed E-state index contributed by atoms with van der Waals surface area (Å²) in [5.74, 6) is 1.44. The van der Waals surface area contributed by atoms with Gasteiger partial charge in [-0.05, 0) is 30.7 Å². The third-order valence-corrected chi connectivity index (χ3v) is 4.33. The van der Waals surface area contributed by atoms with Gasteiger partial charge in [-0.15, -0.1) is 11.8 Å². The zero-order valence-electron chi connectivity index (χ0n) is 12.4. The lowest BCUT2D eigenvalue weighted by molar-refractivity contribution is 0.101. The van der Waals surface area contributed by atoms with Crippen molar-refractivity contribution < 1.29 is 14.3 Å². The van der Waals surface area contributed by atoms with Crippen LogP contribution in [0.2, 0.25) is 0 Å². The summed E-state index contributed by atoms with van der Waals surface area (Å²) < 4.78 is 10.5. The Bertz CT molecular complexity index is 615. The van der Waals surface area contributed by atoms with Gasteiger partial charge in [0.15, 0.2) is 5.78 Å². The van der Waals surface area contributed by atoms with Crippen molar-refractivity contribution in [1.29, 1.82) is 0 Å². The molecule has 0 unspecified atom stereocenters. The van der Waals surface area contributed by atoms with Gasteiger partial charge in [0.05, 0.1) is 20.0 Å². The number of ketones is 1. The standard InChI is InChI=1S/C17H18O3S/c1-12-7-4-5-10-16(12)21-11-13(18)17-14(19-2)8-6-9-15(17)20-3/h4-10H,11H2,1-3H3. The summed E-state index contributed by atoms with van der Waals surface area (Å²) in [6, 6.07) is 13.4. The maximum atomic E-state index is 12.5. The first-order chi connectivity index (χ1) is 10.2. The predicted molar refractivity (Wildman–Crippen MR) is 85.8 cm³/mol. The zero-order chi connectivity index (χ0) is 15.2. The first kappa shape index (κ1) is 15.4. The molecule has 0 atom stereocenters. The Kier molecular flexibility index (Phi) is 5.28. The lowest BCUT2D eigenvalue weighted by Gasteiger charge is -2.12. The fourth-order valence-electron chi connectivity index (χ4n) is 2.06. The lowest BCUT2D eigenvalue weighted by Crippen LogP contribution is -2.07.